The van der Waals surface area contributed by atoms with Crippen molar-refractivity contribution in [1.82, 2.24) is 9.97 Å². The van der Waals surface area contributed by atoms with E-state index < -0.39 is 0 Å². The van der Waals surface area contributed by atoms with Crippen LogP contribution in [0.25, 0.3) is 0 Å². The molecule has 1 aliphatic carbocycles. The number of anilines is 3. The van der Waals surface area contributed by atoms with Gasteiger partial charge in [-0.15, -0.1) is 0 Å². The fourth-order valence-corrected chi connectivity index (χ4v) is 2.63. The highest BCUT2D eigenvalue weighted by atomic mass is 15.1. The molecule has 0 unspecified atom stereocenters. The first-order valence-electron chi connectivity index (χ1n) is 8.43. The topological polar surface area (TPSA) is 75.9 Å². The van der Waals surface area contributed by atoms with Crippen LogP contribution in [0, 0.1) is 5.92 Å². The van der Waals surface area contributed by atoms with Crippen molar-refractivity contribution in [3.63, 3.8) is 0 Å². The Bertz CT molecular complexity index is 496. The van der Waals surface area contributed by atoms with E-state index in [2.05, 4.69) is 40.5 Å². The van der Waals surface area contributed by atoms with Gasteiger partial charge in [-0.2, -0.15) is 0 Å². The van der Waals surface area contributed by atoms with Crippen molar-refractivity contribution in [1.29, 1.82) is 0 Å². The van der Waals surface area contributed by atoms with Gasteiger partial charge in [-0.3, -0.25) is 0 Å². The summed E-state index contributed by atoms with van der Waals surface area (Å²) >= 11 is 0. The van der Waals surface area contributed by atoms with Gasteiger partial charge in [0.15, 0.2) is 11.6 Å². The summed E-state index contributed by atoms with van der Waals surface area (Å²) in [6.07, 6.45) is 11.2. The quantitative estimate of drug-likeness (QED) is 0.636. The number of hydrogen-bond donors (Lipinski definition) is 3. The first kappa shape index (κ1) is 16.6. The fraction of sp³-hybridized carbons (Fsp3) is 0.647. The molecule has 1 heterocycles. The lowest BCUT2D eigenvalue weighted by Gasteiger charge is -2.15. The normalized spacial score (nSPS) is 14.8. The molecule has 0 spiro atoms. The molecule has 0 aliphatic heterocycles. The first-order valence-corrected chi connectivity index (χ1v) is 8.43. The molecule has 0 amide bonds. The molecule has 5 heteroatoms. The van der Waals surface area contributed by atoms with Crippen LogP contribution in [0.3, 0.4) is 0 Å². The van der Waals surface area contributed by atoms with E-state index in [0.717, 1.165) is 37.6 Å². The van der Waals surface area contributed by atoms with E-state index in [1.54, 1.807) is 11.9 Å². The monoisotopic (exact) mass is 303 g/mol. The van der Waals surface area contributed by atoms with Crippen LogP contribution in [-0.2, 0) is 0 Å². The van der Waals surface area contributed by atoms with Crippen LogP contribution in [-0.4, -0.2) is 23.1 Å². The van der Waals surface area contributed by atoms with Gasteiger partial charge in [-0.25, -0.2) is 9.97 Å². The molecule has 2 rings (SSSR count). The van der Waals surface area contributed by atoms with Gasteiger partial charge in [0.05, 0.1) is 0 Å². The van der Waals surface area contributed by atoms with Crippen LogP contribution >= 0.6 is 0 Å². The maximum atomic E-state index is 6.15. The zero-order valence-corrected chi connectivity index (χ0v) is 13.9. The maximum absolute atomic E-state index is 6.15. The molecule has 0 saturated heterocycles. The van der Waals surface area contributed by atoms with Gasteiger partial charge in [0.1, 0.15) is 12.0 Å². The minimum atomic E-state index is 0.615. The molecule has 22 heavy (non-hydrogen) atoms. The molecule has 5 nitrogen and oxygen atoms in total. The molecule has 0 atom stereocenters. The standard InChI is InChI=1S/C17H29N5/c1-13(2)8-10-19-16-15(18)17(22-12-21-16)20-11-9-14-6-4-3-5-7-14/h6,12-13H,3-5,7-11,18H2,1-2H3,(H2,19,20,21,22). The number of nitrogens with zero attached hydrogens (tertiary/aromatic N) is 2. The molecule has 1 aromatic rings. The van der Waals surface area contributed by atoms with Gasteiger partial charge < -0.3 is 16.4 Å². The Labute approximate surface area is 133 Å². The number of nitrogens with two attached hydrogens (primary N) is 1. The van der Waals surface area contributed by atoms with Gasteiger partial charge >= 0.3 is 0 Å². The summed E-state index contributed by atoms with van der Waals surface area (Å²) in [5.74, 6) is 2.13. The third kappa shape index (κ3) is 5.20. The highest BCUT2D eigenvalue weighted by Crippen LogP contribution is 2.24. The molecule has 1 aromatic heterocycles. The summed E-state index contributed by atoms with van der Waals surface area (Å²) in [7, 11) is 0. The Morgan fingerprint density at radius 1 is 1.14 bits per heavy atom. The van der Waals surface area contributed by atoms with Crippen molar-refractivity contribution >= 4 is 17.3 Å². The summed E-state index contributed by atoms with van der Waals surface area (Å²) in [5.41, 5.74) is 8.33. The van der Waals surface area contributed by atoms with Crippen LogP contribution in [0.5, 0.6) is 0 Å². The van der Waals surface area contributed by atoms with Gasteiger partial charge in [0.2, 0.25) is 0 Å². The second-order valence-electron chi connectivity index (χ2n) is 6.38. The molecule has 0 aromatic carbocycles. The lowest BCUT2D eigenvalue weighted by Crippen LogP contribution is -2.12. The summed E-state index contributed by atoms with van der Waals surface area (Å²) in [4.78, 5) is 8.49. The number of rotatable bonds is 8. The number of nitrogen functional groups attached to an aromatic ring is 1. The van der Waals surface area contributed by atoms with E-state index >= 15 is 0 Å². The SMILES string of the molecule is CC(C)CCNc1ncnc(NCCC2=CCCCC2)c1N. The predicted octanol–water partition coefficient (Wildman–Crippen LogP) is 3.82. The zero-order chi connectivity index (χ0) is 15.8. The molecule has 122 valence electrons. The van der Waals surface area contributed by atoms with E-state index in [9.17, 15) is 0 Å². The molecular weight excluding hydrogens is 274 g/mol. The summed E-state index contributed by atoms with van der Waals surface area (Å²) in [6, 6.07) is 0. The Balaban J connectivity index is 1.84. The van der Waals surface area contributed by atoms with E-state index in [-0.39, 0.29) is 0 Å². The molecule has 4 N–H and O–H groups in total. The Morgan fingerprint density at radius 3 is 2.50 bits per heavy atom. The average Bonchev–Trinajstić information content (AvgIpc) is 2.51. The molecule has 0 bridgehead atoms. The van der Waals surface area contributed by atoms with E-state index in [0.29, 0.717) is 11.6 Å². The molecular formula is C17H29N5. The summed E-state index contributed by atoms with van der Waals surface area (Å²) < 4.78 is 0. The lowest BCUT2D eigenvalue weighted by atomic mass is 9.97. The summed E-state index contributed by atoms with van der Waals surface area (Å²) in [5, 5.41) is 6.64. The van der Waals surface area contributed by atoms with Crippen molar-refractivity contribution < 1.29 is 0 Å². The van der Waals surface area contributed by atoms with Crippen molar-refractivity contribution in [2.75, 3.05) is 29.5 Å². The minimum Gasteiger partial charge on any atom is -0.393 e. The maximum Gasteiger partial charge on any atom is 0.154 e. The molecule has 0 fully saturated rings. The number of allylic oxidation sites excluding steroid dienone is 1. The van der Waals surface area contributed by atoms with E-state index in [1.165, 1.54) is 25.7 Å². The van der Waals surface area contributed by atoms with Crippen LogP contribution in [0.1, 0.15) is 52.4 Å². The molecule has 0 saturated carbocycles. The second-order valence-corrected chi connectivity index (χ2v) is 6.38. The zero-order valence-electron chi connectivity index (χ0n) is 13.9. The highest BCUT2D eigenvalue weighted by Gasteiger charge is 2.08. The van der Waals surface area contributed by atoms with Crippen LogP contribution in [0.15, 0.2) is 18.0 Å². The average molecular weight is 303 g/mol. The fourth-order valence-electron chi connectivity index (χ4n) is 2.63. The minimum absolute atomic E-state index is 0.615. The predicted molar refractivity (Wildman–Crippen MR) is 94.0 cm³/mol. The van der Waals surface area contributed by atoms with Gasteiger partial charge in [-0.1, -0.05) is 25.5 Å². The van der Waals surface area contributed by atoms with Crippen LogP contribution < -0.4 is 16.4 Å². The lowest BCUT2D eigenvalue weighted by molar-refractivity contribution is 0.606. The third-order valence-electron chi connectivity index (χ3n) is 4.02. The number of aromatic nitrogens is 2. The molecule has 1 aliphatic rings. The van der Waals surface area contributed by atoms with Crippen LogP contribution in [0.4, 0.5) is 17.3 Å². The van der Waals surface area contributed by atoms with E-state index in [1.807, 2.05) is 0 Å². The Morgan fingerprint density at radius 2 is 1.86 bits per heavy atom. The second kappa shape index (κ2) is 8.61. The number of hydrogen-bond acceptors (Lipinski definition) is 5. The van der Waals surface area contributed by atoms with E-state index in [4.69, 9.17) is 5.73 Å². The van der Waals surface area contributed by atoms with Gasteiger partial charge in [0, 0.05) is 13.1 Å². The van der Waals surface area contributed by atoms with Crippen molar-refractivity contribution in [3.05, 3.63) is 18.0 Å². The smallest absolute Gasteiger partial charge is 0.154 e. The van der Waals surface area contributed by atoms with Crippen molar-refractivity contribution in [2.45, 2.75) is 52.4 Å². The van der Waals surface area contributed by atoms with Gasteiger partial charge in [-0.05, 0) is 44.4 Å². The Hall–Kier alpha value is -1.78. The third-order valence-corrected chi connectivity index (χ3v) is 4.02. The molecule has 0 radical (unpaired) electrons. The van der Waals surface area contributed by atoms with Gasteiger partial charge in [0.25, 0.3) is 0 Å². The van der Waals surface area contributed by atoms with Crippen LogP contribution in [0.2, 0.25) is 0 Å². The summed E-state index contributed by atoms with van der Waals surface area (Å²) in [6.45, 7) is 6.17. The largest absolute Gasteiger partial charge is 0.393 e. The first-order chi connectivity index (χ1) is 10.7. The number of nitrogens with one attached hydrogen (secondary N) is 2. The van der Waals surface area contributed by atoms with Crippen molar-refractivity contribution in [2.24, 2.45) is 5.92 Å². The Kier molecular flexibility index (Phi) is 6.49. The highest BCUT2D eigenvalue weighted by molar-refractivity contribution is 5.73. The van der Waals surface area contributed by atoms with Crippen molar-refractivity contribution in [3.8, 4) is 0 Å².